The van der Waals surface area contributed by atoms with Crippen LogP contribution in [0.1, 0.15) is 11.4 Å². The maximum atomic E-state index is 4.33. The highest BCUT2D eigenvalue weighted by atomic mass is 79.9. The van der Waals surface area contributed by atoms with Gasteiger partial charge in [-0.25, -0.2) is 0 Å². The lowest BCUT2D eigenvalue weighted by Crippen LogP contribution is -1.98. The molecule has 16 heavy (non-hydrogen) atoms. The fraction of sp³-hybridized carbons (Fsp3) is 0.167. The second-order valence-corrected chi connectivity index (χ2v) is 5.07. The standard InChI is InChI=1S/C12H10Br2N2/c13-9-3-1-7-15-11(9)5-6-12-10(14)4-2-8-16-12/h1-4,7-8H,5-6H2. The van der Waals surface area contributed by atoms with Crippen molar-refractivity contribution in [3.63, 3.8) is 0 Å². The highest BCUT2D eigenvalue weighted by Crippen LogP contribution is 2.18. The monoisotopic (exact) mass is 340 g/mol. The number of aryl methyl sites for hydroxylation is 2. The molecule has 0 aromatic carbocycles. The summed E-state index contributed by atoms with van der Waals surface area (Å²) in [7, 11) is 0. The molecule has 2 heterocycles. The van der Waals surface area contributed by atoms with E-state index in [4.69, 9.17) is 0 Å². The Morgan fingerprint density at radius 3 is 1.62 bits per heavy atom. The normalized spacial score (nSPS) is 10.4. The van der Waals surface area contributed by atoms with Crippen LogP contribution in [0.2, 0.25) is 0 Å². The number of hydrogen-bond acceptors (Lipinski definition) is 2. The van der Waals surface area contributed by atoms with E-state index < -0.39 is 0 Å². The molecule has 2 aromatic rings. The van der Waals surface area contributed by atoms with Gasteiger partial charge in [0.25, 0.3) is 0 Å². The van der Waals surface area contributed by atoms with Gasteiger partial charge in [0.05, 0.1) is 11.4 Å². The van der Waals surface area contributed by atoms with Gasteiger partial charge in [0, 0.05) is 21.3 Å². The first kappa shape index (κ1) is 11.7. The van der Waals surface area contributed by atoms with Crippen LogP contribution in [0.3, 0.4) is 0 Å². The highest BCUT2D eigenvalue weighted by Gasteiger charge is 2.04. The van der Waals surface area contributed by atoms with Crippen molar-refractivity contribution in [3.8, 4) is 0 Å². The number of pyridine rings is 2. The van der Waals surface area contributed by atoms with Crippen LogP contribution >= 0.6 is 31.9 Å². The summed E-state index contributed by atoms with van der Waals surface area (Å²) in [6.07, 6.45) is 5.40. The number of halogens is 2. The Morgan fingerprint density at radius 1 is 0.812 bits per heavy atom. The zero-order valence-corrected chi connectivity index (χ0v) is 11.7. The van der Waals surface area contributed by atoms with Gasteiger partial charge in [-0.05, 0) is 69.0 Å². The summed E-state index contributed by atoms with van der Waals surface area (Å²) in [6, 6.07) is 7.86. The van der Waals surface area contributed by atoms with Crippen molar-refractivity contribution in [2.75, 3.05) is 0 Å². The van der Waals surface area contributed by atoms with Gasteiger partial charge >= 0.3 is 0 Å². The molecule has 2 rings (SSSR count). The summed E-state index contributed by atoms with van der Waals surface area (Å²) in [5.41, 5.74) is 2.14. The lowest BCUT2D eigenvalue weighted by atomic mass is 10.1. The molecule has 4 heteroatoms. The van der Waals surface area contributed by atoms with Gasteiger partial charge in [-0.2, -0.15) is 0 Å². The minimum absolute atomic E-state index is 0.886. The molecular weight excluding hydrogens is 332 g/mol. The van der Waals surface area contributed by atoms with Crippen LogP contribution in [0.15, 0.2) is 45.6 Å². The summed E-state index contributed by atoms with van der Waals surface area (Å²) >= 11 is 6.99. The molecule has 0 aliphatic rings. The van der Waals surface area contributed by atoms with E-state index in [1.165, 1.54) is 0 Å². The summed E-state index contributed by atoms with van der Waals surface area (Å²) < 4.78 is 2.11. The zero-order chi connectivity index (χ0) is 11.4. The number of rotatable bonds is 3. The van der Waals surface area contributed by atoms with Crippen molar-refractivity contribution in [2.45, 2.75) is 12.8 Å². The van der Waals surface area contributed by atoms with E-state index in [2.05, 4.69) is 41.8 Å². The van der Waals surface area contributed by atoms with Gasteiger partial charge in [0.1, 0.15) is 0 Å². The third kappa shape index (κ3) is 2.89. The van der Waals surface area contributed by atoms with Crippen LogP contribution in [0.5, 0.6) is 0 Å². The van der Waals surface area contributed by atoms with Gasteiger partial charge in [-0.1, -0.05) is 0 Å². The largest absolute Gasteiger partial charge is 0.260 e. The second-order valence-electron chi connectivity index (χ2n) is 3.36. The molecule has 0 amide bonds. The van der Waals surface area contributed by atoms with Crippen LogP contribution in [0.25, 0.3) is 0 Å². The van der Waals surface area contributed by atoms with Gasteiger partial charge in [-0.3, -0.25) is 9.97 Å². The molecule has 0 spiro atoms. The molecule has 0 saturated heterocycles. The smallest absolute Gasteiger partial charge is 0.0549 e. The molecule has 82 valence electrons. The predicted molar refractivity (Wildman–Crippen MR) is 71.3 cm³/mol. The van der Waals surface area contributed by atoms with Crippen LogP contribution < -0.4 is 0 Å². The van der Waals surface area contributed by atoms with Gasteiger partial charge in [-0.15, -0.1) is 0 Å². The molecule has 0 unspecified atom stereocenters. The van der Waals surface area contributed by atoms with Gasteiger partial charge in [0.15, 0.2) is 0 Å². The average molecular weight is 342 g/mol. The van der Waals surface area contributed by atoms with Gasteiger partial charge < -0.3 is 0 Å². The van der Waals surface area contributed by atoms with Gasteiger partial charge in [0.2, 0.25) is 0 Å². The number of nitrogens with zero attached hydrogens (tertiary/aromatic N) is 2. The SMILES string of the molecule is Brc1cccnc1CCc1ncccc1Br. The van der Waals surface area contributed by atoms with E-state index >= 15 is 0 Å². The van der Waals surface area contributed by atoms with Crippen LogP contribution in [0, 0.1) is 0 Å². The first-order chi connectivity index (χ1) is 7.77. The Balaban J connectivity index is 2.09. The van der Waals surface area contributed by atoms with E-state index in [1.54, 1.807) is 0 Å². The molecule has 0 aliphatic heterocycles. The maximum Gasteiger partial charge on any atom is 0.0549 e. The first-order valence-corrected chi connectivity index (χ1v) is 6.55. The third-order valence-corrected chi connectivity index (χ3v) is 3.71. The predicted octanol–water partition coefficient (Wildman–Crippen LogP) is 3.79. The average Bonchev–Trinajstić information content (AvgIpc) is 2.30. The molecule has 0 N–H and O–H groups in total. The molecule has 2 nitrogen and oxygen atoms in total. The zero-order valence-electron chi connectivity index (χ0n) is 8.53. The summed E-state index contributed by atoms with van der Waals surface area (Å²) in [4.78, 5) is 8.67. The minimum atomic E-state index is 0.886. The molecule has 2 aromatic heterocycles. The molecule has 0 aliphatic carbocycles. The summed E-state index contributed by atoms with van der Waals surface area (Å²) in [5, 5.41) is 0. The first-order valence-electron chi connectivity index (χ1n) is 4.96. The number of aromatic nitrogens is 2. The van der Waals surface area contributed by atoms with E-state index in [1.807, 2.05) is 36.7 Å². The van der Waals surface area contributed by atoms with Crippen molar-refractivity contribution in [1.29, 1.82) is 0 Å². The Morgan fingerprint density at radius 2 is 1.25 bits per heavy atom. The Labute approximate surface area is 111 Å². The molecular formula is C12H10Br2N2. The van der Waals surface area contributed by atoms with Crippen molar-refractivity contribution in [3.05, 3.63) is 57.0 Å². The summed E-state index contributed by atoms with van der Waals surface area (Å²) in [5.74, 6) is 0. The molecule has 0 saturated carbocycles. The van der Waals surface area contributed by atoms with E-state index in [9.17, 15) is 0 Å². The van der Waals surface area contributed by atoms with Crippen molar-refractivity contribution < 1.29 is 0 Å². The van der Waals surface area contributed by atoms with Crippen LogP contribution in [-0.2, 0) is 12.8 Å². The minimum Gasteiger partial charge on any atom is -0.260 e. The lowest BCUT2D eigenvalue weighted by molar-refractivity contribution is 0.869. The molecule has 0 atom stereocenters. The molecule has 0 fully saturated rings. The Kier molecular flexibility index (Phi) is 4.07. The summed E-state index contributed by atoms with van der Waals surface area (Å²) in [6.45, 7) is 0. The van der Waals surface area contributed by atoms with Crippen molar-refractivity contribution >= 4 is 31.9 Å². The quantitative estimate of drug-likeness (QED) is 0.848. The van der Waals surface area contributed by atoms with Crippen molar-refractivity contribution in [1.82, 2.24) is 9.97 Å². The lowest BCUT2D eigenvalue weighted by Gasteiger charge is -2.04. The van der Waals surface area contributed by atoms with Crippen molar-refractivity contribution in [2.24, 2.45) is 0 Å². The maximum absolute atomic E-state index is 4.33. The molecule has 0 bridgehead atoms. The molecule has 0 radical (unpaired) electrons. The third-order valence-electron chi connectivity index (χ3n) is 2.27. The van der Waals surface area contributed by atoms with E-state index in [-0.39, 0.29) is 0 Å². The van der Waals surface area contributed by atoms with E-state index in [0.717, 1.165) is 33.2 Å². The fourth-order valence-electron chi connectivity index (χ4n) is 1.44. The van der Waals surface area contributed by atoms with E-state index in [0.29, 0.717) is 0 Å². The van der Waals surface area contributed by atoms with Crippen LogP contribution in [-0.4, -0.2) is 9.97 Å². The number of hydrogen-bond donors (Lipinski definition) is 0. The second kappa shape index (κ2) is 5.55. The topological polar surface area (TPSA) is 25.8 Å². The fourth-order valence-corrected chi connectivity index (χ4v) is 2.35. The van der Waals surface area contributed by atoms with Crippen LogP contribution in [0.4, 0.5) is 0 Å². The Bertz CT molecular complexity index is 440. The Hall–Kier alpha value is -0.740. The highest BCUT2D eigenvalue weighted by molar-refractivity contribution is 9.10.